The molecular formula is C11H14N4O2. The fourth-order valence-electron chi connectivity index (χ4n) is 2.75. The zero-order valence-corrected chi connectivity index (χ0v) is 9.35. The number of carbonyl (C=O) groups is 2. The van der Waals surface area contributed by atoms with E-state index in [9.17, 15) is 9.59 Å². The minimum absolute atomic E-state index is 0.0332. The second-order valence-electron chi connectivity index (χ2n) is 4.78. The molecule has 1 aliphatic heterocycles. The average Bonchev–Trinajstić information content (AvgIpc) is 2.90. The van der Waals surface area contributed by atoms with Gasteiger partial charge in [-0.2, -0.15) is 5.10 Å². The molecule has 6 heteroatoms. The van der Waals surface area contributed by atoms with Crippen LogP contribution in [0, 0.1) is 11.8 Å². The lowest BCUT2D eigenvalue weighted by Crippen LogP contribution is -2.45. The van der Waals surface area contributed by atoms with Crippen LogP contribution in [0.5, 0.6) is 0 Å². The molecular weight excluding hydrogens is 220 g/mol. The van der Waals surface area contributed by atoms with E-state index in [1.807, 2.05) is 0 Å². The van der Waals surface area contributed by atoms with Crippen LogP contribution in [0.25, 0.3) is 0 Å². The molecule has 90 valence electrons. The standard InChI is InChI=1S/C11H14N4O2/c12-9-8(4-13-14-9)5-15-10(16)6-1-2-7(3-6)11(15)17/h4,6-7H,1-3,5H2,(H3,12,13,14). The molecule has 2 amide bonds. The summed E-state index contributed by atoms with van der Waals surface area (Å²) in [5.74, 6) is 0.383. The van der Waals surface area contributed by atoms with Gasteiger partial charge in [0.05, 0.1) is 12.7 Å². The van der Waals surface area contributed by atoms with Gasteiger partial charge in [0.15, 0.2) is 0 Å². The van der Waals surface area contributed by atoms with E-state index in [2.05, 4.69) is 10.2 Å². The molecule has 1 saturated heterocycles. The summed E-state index contributed by atoms with van der Waals surface area (Å²) in [7, 11) is 0. The Morgan fingerprint density at radius 1 is 1.35 bits per heavy atom. The van der Waals surface area contributed by atoms with Crippen LogP contribution in [-0.4, -0.2) is 26.9 Å². The molecule has 2 fully saturated rings. The summed E-state index contributed by atoms with van der Waals surface area (Å²) in [5, 5.41) is 6.40. The third kappa shape index (κ3) is 1.51. The Morgan fingerprint density at radius 2 is 2.00 bits per heavy atom. The Kier molecular flexibility index (Phi) is 2.17. The molecule has 0 aromatic carbocycles. The molecule has 1 aliphatic carbocycles. The monoisotopic (exact) mass is 234 g/mol. The maximum Gasteiger partial charge on any atom is 0.232 e. The Morgan fingerprint density at radius 3 is 2.53 bits per heavy atom. The third-order valence-electron chi connectivity index (χ3n) is 3.74. The van der Waals surface area contributed by atoms with E-state index >= 15 is 0 Å². The largest absolute Gasteiger partial charge is 0.384 e. The molecule has 2 bridgehead atoms. The number of nitrogens with two attached hydrogens (primary N) is 1. The number of nitrogens with one attached hydrogen (secondary N) is 1. The van der Waals surface area contributed by atoms with E-state index in [-0.39, 0.29) is 30.2 Å². The highest BCUT2D eigenvalue weighted by Crippen LogP contribution is 2.38. The summed E-state index contributed by atoms with van der Waals surface area (Å²) in [4.78, 5) is 25.5. The van der Waals surface area contributed by atoms with Crippen LogP contribution >= 0.6 is 0 Å². The summed E-state index contributed by atoms with van der Waals surface area (Å²) in [6, 6.07) is 0. The predicted molar refractivity (Wildman–Crippen MR) is 59.4 cm³/mol. The first-order chi connectivity index (χ1) is 8.16. The van der Waals surface area contributed by atoms with Crippen molar-refractivity contribution in [3.63, 3.8) is 0 Å². The second kappa shape index (κ2) is 3.58. The fraction of sp³-hybridized carbons (Fsp3) is 0.545. The van der Waals surface area contributed by atoms with Gasteiger partial charge in [-0.25, -0.2) is 0 Å². The zero-order chi connectivity index (χ0) is 12.0. The van der Waals surface area contributed by atoms with Crippen molar-refractivity contribution in [3.05, 3.63) is 11.8 Å². The van der Waals surface area contributed by atoms with Crippen molar-refractivity contribution >= 4 is 17.6 Å². The summed E-state index contributed by atoms with van der Waals surface area (Å²) in [5.41, 5.74) is 6.37. The number of anilines is 1. The molecule has 1 aromatic rings. The number of nitrogen functional groups attached to an aromatic ring is 1. The van der Waals surface area contributed by atoms with Gasteiger partial charge in [0.2, 0.25) is 11.8 Å². The molecule has 2 aliphatic rings. The molecule has 6 nitrogen and oxygen atoms in total. The molecule has 1 aromatic heterocycles. The number of imide groups is 1. The zero-order valence-electron chi connectivity index (χ0n) is 9.35. The van der Waals surface area contributed by atoms with Crippen LogP contribution < -0.4 is 5.73 Å². The first-order valence-corrected chi connectivity index (χ1v) is 5.79. The molecule has 1 saturated carbocycles. The summed E-state index contributed by atoms with van der Waals surface area (Å²) in [6.07, 6.45) is 3.97. The smallest absolute Gasteiger partial charge is 0.232 e. The topological polar surface area (TPSA) is 92.1 Å². The van der Waals surface area contributed by atoms with Crippen molar-refractivity contribution in [2.24, 2.45) is 11.8 Å². The van der Waals surface area contributed by atoms with Gasteiger partial charge < -0.3 is 5.73 Å². The van der Waals surface area contributed by atoms with Crippen LogP contribution in [0.15, 0.2) is 6.20 Å². The number of fused-ring (bicyclic) bond motifs is 2. The van der Waals surface area contributed by atoms with Gasteiger partial charge in [-0.15, -0.1) is 0 Å². The van der Waals surface area contributed by atoms with Crippen LogP contribution in [0.4, 0.5) is 5.82 Å². The molecule has 2 atom stereocenters. The van der Waals surface area contributed by atoms with E-state index in [4.69, 9.17) is 5.73 Å². The quantitative estimate of drug-likeness (QED) is 0.719. The highest BCUT2D eigenvalue weighted by Gasteiger charge is 2.45. The van der Waals surface area contributed by atoms with Crippen molar-refractivity contribution in [1.82, 2.24) is 15.1 Å². The number of aromatic amines is 1. The summed E-state index contributed by atoms with van der Waals surface area (Å²) < 4.78 is 0. The number of piperidine rings is 1. The third-order valence-corrected chi connectivity index (χ3v) is 3.74. The van der Waals surface area contributed by atoms with Gasteiger partial charge in [0.1, 0.15) is 5.82 Å². The number of aromatic nitrogens is 2. The molecule has 3 N–H and O–H groups in total. The highest BCUT2D eigenvalue weighted by atomic mass is 16.2. The van der Waals surface area contributed by atoms with Crippen molar-refractivity contribution in [3.8, 4) is 0 Å². The first-order valence-electron chi connectivity index (χ1n) is 5.79. The number of hydrogen-bond acceptors (Lipinski definition) is 4. The van der Waals surface area contributed by atoms with Gasteiger partial charge in [-0.1, -0.05) is 0 Å². The minimum Gasteiger partial charge on any atom is -0.384 e. The number of likely N-dealkylation sites (tertiary alicyclic amines) is 1. The van der Waals surface area contributed by atoms with Gasteiger partial charge in [0.25, 0.3) is 0 Å². The first kappa shape index (κ1) is 10.3. The van der Waals surface area contributed by atoms with Crippen LogP contribution in [0.2, 0.25) is 0 Å². The Bertz CT molecular complexity index is 460. The average molecular weight is 234 g/mol. The minimum atomic E-state index is -0.0515. The Labute approximate surface area is 98.2 Å². The van der Waals surface area contributed by atoms with Crippen molar-refractivity contribution in [2.75, 3.05) is 5.73 Å². The lowest BCUT2D eigenvalue weighted by atomic mass is 9.97. The number of H-pyrrole nitrogens is 1. The molecule has 17 heavy (non-hydrogen) atoms. The van der Waals surface area contributed by atoms with Gasteiger partial charge >= 0.3 is 0 Å². The Hall–Kier alpha value is -1.85. The molecule has 0 spiro atoms. The van der Waals surface area contributed by atoms with Crippen molar-refractivity contribution < 1.29 is 9.59 Å². The molecule has 2 unspecified atom stereocenters. The second-order valence-corrected chi connectivity index (χ2v) is 4.78. The molecule has 3 rings (SSSR count). The maximum atomic E-state index is 12.1. The van der Waals surface area contributed by atoms with E-state index < -0.39 is 0 Å². The van der Waals surface area contributed by atoms with E-state index in [0.29, 0.717) is 11.4 Å². The lowest BCUT2D eigenvalue weighted by Gasteiger charge is -2.29. The fourth-order valence-corrected chi connectivity index (χ4v) is 2.75. The lowest BCUT2D eigenvalue weighted by molar-refractivity contribution is -0.153. The normalized spacial score (nSPS) is 27.9. The van der Waals surface area contributed by atoms with Crippen LogP contribution in [0.3, 0.4) is 0 Å². The summed E-state index contributed by atoms with van der Waals surface area (Å²) >= 11 is 0. The van der Waals surface area contributed by atoms with Crippen LogP contribution in [0.1, 0.15) is 24.8 Å². The number of carbonyl (C=O) groups excluding carboxylic acids is 2. The SMILES string of the molecule is Nc1[nH]ncc1CN1C(=O)C2CCC(C2)C1=O. The van der Waals surface area contributed by atoms with E-state index in [1.165, 1.54) is 4.90 Å². The Balaban J connectivity index is 1.85. The van der Waals surface area contributed by atoms with Gasteiger partial charge in [-0.3, -0.25) is 19.6 Å². The summed E-state index contributed by atoms with van der Waals surface area (Å²) in [6.45, 7) is 0.243. The van der Waals surface area contributed by atoms with Crippen molar-refractivity contribution in [2.45, 2.75) is 25.8 Å². The number of amides is 2. The van der Waals surface area contributed by atoms with E-state index in [1.54, 1.807) is 6.20 Å². The molecule has 0 radical (unpaired) electrons. The van der Waals surface area contributed by atoms with Gasteiger partial charge in [0, 0.05) is 17.4 Å². The molecule has 2 heterocycles. The number of hydrogen-bond donors (Lipinski definition) is 2. The maximum absolute atomic E-state index is 12.1. The number of rotatable bonds is 2. The predicted octanol–water partition coefficient (Wildman–Crippen LogP) is 0.277. The number of nitrogens with zero attached hydrogens (tertiary/aromatic N) is 2. The van der Waals surface area contributed by atoms with E-state index in [0.717, 1.165) is 19.3 Å². The van der Waals surface area contributed by atoms with Crippen molar-refractivity contribution in [1.29, 1.82) is 0 Å². The van der Waals surface area contributed by atoms with Crippen LogP contribution in [-0.2, 0) is 16.1 Å². The highest BCUT2D eigenvalue weighted by molar-refractivity contribution is 6.00. The van der Waals surface area contributed by atoms with Gasteiger partial charge in [-0.05, 0) is 19.3 Å².